The van der Waals surface area contributed by atoms with E-state index in [0.29, 0.717) is 23.4 Å². The lowest BCUT2D eigenvalue weighted by Crippen LogP contribution is -2.31. The molecule has 7 heteroatoms. The minimum atomic E-state index is -0.228. The number of rotatable bonds is 4. The first-order valence-corrected chi connectivity index (χ1v) is 9.32. The summed E-state index contributed by atoms with van der Waals surface area (Å²) in [5.41, 5.74) is 3.49. The molecular formula is C22H21N5O2. The summed E-state index contributed by atoms with van der Waals surface area (Å²) in [6.45, 7) is 5.76. The van der Waals surface area contributed by atoms with Crippen molar-refractivity contribution in [1.29, 1.82) is 0 Å². The Morgan fingerprint density at radius 3 is 2.38 bits per heavy atom. The largest absolute Gasteiger partial charge is 0.277 e. The van der Waals surface area contributed by atoms with Crippen LogP contribution in [0.1, 0.15) is 32.7 Å². The van der Waals surface area contributed by atoms with Gasteiger partial charge < -0.3 is 0 Å². The van der Waals surface area contributed by atoms with Gasteiger partial charge in [-0.25, -0.2) is 4.98 Å². The van der Waals surface area contributed by atoms with Crippen molar-refractivity contribution >= 4 is 17.6 Å². The molecule has 7 nitrogen and oxygen atoms in total. The van der Waals surface area contributed by atoms with Crippen molar-refractivity contribution in [3.63, 3.8) is 0 Å². The fraction of sp³-hybridized carbons (Fsp3) is 0.182. The van der Waals surface area contributed by atoms with E-state index in [1.54, 1.807) is 26.0 Å². The van der Waals surface area contributed by atoms with Crippen LogP contribution in [0.15, 0.2) is 59.4 Å². The standard InChI is InChI=1S/C22H21N5O2/c1-14-9-11-18(12-10-14)20(29)26(13-17-7-5-4-6-8-17)22-24-21-23-16(3)15(2)19(28)27(21)25-22/h4-12H,13H2,1-3H3,(H,23,24,25). The van der Waals surface area contributed by atoms with Gasteiger partial charge in [0.05, 0.1) is 6.54 Å². The molecule has 2 heterocycles. The summed E-state index contributed by atoms with van der Waals surface area (Å²) in [5, 5.41) is 2.95. The van der Waals surface area contributed by atoms with Crippen LogP contribution >= 0.6 is 0 Å². The molecule has 0 saturated heterocycles. The first kappa shape index (κ1) is 18.6. The van der Waals surface area contributed by atoms with E-state index in [-0.39, 0.29) is 23.2 Å². The number of carbonyl (C=O) groups is 1. The summed E-state index contributed by atoms with van der Waals surface area (Å²) in [7, 11) is 0. The van der Waals surface area contributed by atoms with E-state index in [2.05, 4.69) is 15.1 Å². The predicted octanol–water partition coefficient (Wildman–Crippen LogP) is 3.19. The Morgan fingerprint density at radius 2 is 1.69 bits per heavy atom. The lowest BCUT2D eigenvalue weighted by atomic mass is 10.1. The van der Waals surface area contributed by atoms with Gasteiger partial charge in [-0.3, -0.25) is 19.6 Å². The van der Waals surface area contributed by atoms with Crippen LogP contribution in [0.5, 0.6) is 0 Å². The van der Waals surface area contributed by atoms with E-state index in [4.69, 9.17) is 0 Å². The van der Waals surface area contributed by atoms with Crippen LogP contribution in [0.2, 0.25) is 0 Å². The molecule has 0 aliphatic carbocycles. The van der Waals surface area contributed by atoms with Crippen molar-refractivity contribution in [3.05, 3.63) is 92.9 Å². The Balaban J connectivity index is 1.82. The van der Waals surface area contributed by atoms with Crippen LogP contribution in [0.4, 0.5) is 5.95 Å². The number of aromatic amines is 1. The van der Waals surface area contributed by atoms with Crippen LogP contribution in [0.3, 0.4) is 0 Å². The Bertz CT molecular complexity index is 1240. The zero-order chi connectivity index (χ0) is 20.5. The summed E-state index contributed by atoms with van der Waals surface area (Å²) >= 11 is 0. The minimum Gasteiger partial charge on any atom is -0.272 e. The summed E-state index contributed by atoms with van der Waals surface area (Å²) in [6, 6.07) is 17.0. The van der Waals surface area contributed by atoms with Gasteiger partial charge in [-0.2, -0.15) is 9.50 Å². The number of carbonyl (C=O) groups excluding carboxylic acids is 1. The number of anilines is 1. The van der Waals surface area contributed by atoms with Crippen LogP contribution < -0.4 is 10.5 Å². The highest BCUT2D eigenvalue weighted by Gasteiger charge is 2.22. The third kappa shape index (κ3) is 3.54. The van der Waals surface area contributed by atoms with Gasteiger partial charge >= 0.3 is 0 Å². The number of amides is 1. The van der Waals surface area contributed by atoms with Crippen LogP contribution in [-0.2, 0) is 6.54 Å². The van der Waals surface area contributed by atoms with Gasteiger partial charge in [0.15, 0.2) is 0 Å². The molecule has 0 atom stereocenters. The topological polar surface area (TPSA) is 83.4 Å². The zero-order valence-electron chi connectivity index (χ0n) is 16.5. The summed E-state index contributed by atoms with van der Waals surface area (Å²) < 4.78 is 1.28. The molecule has 0 aliphatic rings. The van der Waals surface area contributed by atoms with Gasteiger partial charge in [-0.15, -0.1) is 0 Å². The number of aryl methyl sites for hydroxylation is 2. The molecule has 0 bridgehead atoms. The third-order valence-corrected chi connectivity index (χ3v) is 4.93. The SMILES string of the molecule is Cc1ccc(C(=O)N(Cc2ccccc2)c2nc3nc(C)c(C)c(=O)n3[nH]2)cc1. The van der Waals surface area contributed by atoms with Crippen molar-refractivity contribution < 1.29 is 4.79 Å². The first-order valence-electron chi connectivity index (χ1n) is 9.32. The van der Waals surface area contributed by atoms with E-state index in [1.807, 2.05) is 49.4 Å². The van der Waals surface area contributed by atoms with Crippen molar-refractivity contribution in [1.82, 2.24) is 19.6 Å². The second-order valence-corrected chi connectivity index (χ2v) is 7.05. The summed E-state index contributed by atoms with van der Waals surface area (Å²) in [5.74, 6) is 0.297. The number of aromatic nitrogens is 4. The molecule has 2 aromatic carbocycles. The van der Waals surface area contributed by atoms with E-state index >= 15 is 0 Å². The van der Waals surface area contributed by atoms with Crippen molar-refractivity contribution in [2.75, 3.05) is 4.90 Å². The predicted molar refractivity (Wildman–Crippen MR) is 111 cm³/mol. The smallest absolute Gasteiger partial charge is 0.272 e. The maximum absolute atomic E-state index is 13.3. The number of hydrogen-bond donors (Lipinski definition) is 1. The van der Waals surface area contributed by atoms with Gasteiger partial charge in [-0.1, -0.05) is 48.0 Å². The Kier molecular flexibility index (Phi) is 4.72. The highest BCUT2D eigenvalue weighted by atomic mass is 16.2. The van der Waals surface area contributed by atoms with E-state index in [9.17, 15) is 9.59 Å². The Labute approximate surface area is 167 Å². The normalized spacial score (nSPS) is 11.0. The molecule has 146 valence electrons. The molecular weight excluding hydrogens is 366 g/mol. The highest BCUT2D eigenvalue weighted by molar-refractivity contribution is 6.05. The fourth-order valence-corrected chi connectivity index (χ4v) is 3.07. The van der Waals surface area contributed by atoms with Crippen LogP contribution in [0.25, 0.3) is 5.78 Å². The Morgan fingerprint density at radius 1 is 1.00 bits per heavy atom. The molecule has 0 aliphatic heterocycles. The fourth-order valence-electron chi connectivity index (χ4n) is 3.07. The van der Waals surface area contributed by atoms with Gasteiger partial charge in [-0.05, 0) is 38.5 Å². The van der Waals surface area contributed by atoms with Crippen molar-refractivity contribution in [3.8, 4) is 0 Å². The van der Waals surface area contributed by atoms with E-state index in [1.165, 1.54) is 9.42 Å². The molecule has 0 saturated carbocycles. The maximum atomic E-state index is 13.3. The summed E-state index contributed by atoms with van der Waals surface area (Å²) in [4.78, 5) is 36.2. The highest BCUT2D eigenvalue weighted by Crippen LogP contribution is 2.18. The molecule has 1 amide bonds. The minimum absolute atomic E-state index is 0.214. The number of nitrogens with zero attached hydrogens (tertiary/aromatic N) is 4. The molecule has 2 aromatic heterocycles. The van der Waals surface area contributed by atoms with E-state index in [0.717, 1.165) is 11.1 Å². The van der Waals surface area contributed by atoms with Crippen LogP contribution in [-0.4, -0.2) is 25.5 Å². The van der Waals surface area contributed by atoms with Gasteiger partial charge in [0.2, 0.25) is 5.95 Å². The number of hydrogen-bond acceptors (Lipinski definition) is 4. The average molecular weight is 387 g/mol. The van der Waals surface area contributed by atoms with Gasteiger partial charge in [0, 0.05) is 16.8 Å². The number of benzene rings is 2. The van der Waals surface area contributed by atoms with Crippen LogP contribution in [0, 0.1) is 20.8 Å². The average Bonchev–Trinajstić information content (AvgIpc) is 3.15. The molecule has 0 fully saturated rings. The summed E-state index contributed by atoms with van der Waals surface area (Å²) in [6.07, 6.45) is 0. The molecule has 4 aromatic rings. The third-order valence-electron chi connectivity index (χ3n) is 4.93. The number of H-pyrrole nitrogens is 1. The monoisotopic (exact) mass is 387 g/mol. The van der Waals surface area contributed by atoms with Gasteiger partial charge in [0.25, 0.3) is 17.2 Å². The quantitative estimate of drug-likeness (QED) is 0.583. The van der Waals surface area contributed by atoms with Crippen molar-refractivity contribution in [2.45, 2.75) is 27.3 Å². The maximum Gasteiger partial charge on any atom is 0.277 e. The molecule has 0 unspecified atom stereocenters. The number of fused-ring (bicyclic) bond motifs is 1. The van der Waals surface area contributed by atoms with E-state index < -0.39 is 0 Å². The second-order valence-electron chi connectivity index (χ2n) is 7.05. The molecule has 1 N–H and O–H groups in total. The lowest BCUT2D eigenvalue weighted by Gasteiger charge is -2.20. The number of nitrogens with one attached hydrogen (secondary N) is 1. The second kappa shape index (κ2) is 7.35. The Hall–Kier alpha value is -3.74. The molecule has 0 radical (unpaired) electrons. The molecule has 0 spiro atoms. The molecule has 4 rings (SSSR count). The first-order chi connectivity index (χ1) is 13.9. The van der Waals surface area contributed by atoms with Crippen molar-refractivity contribution in [2.24, 2.45) is 0 Å². The lowest BCUT2D eigenvalue weighted by molar-refractivity contribution is 0.0983. The molecule has 29 heavy (non-hydrogen) atoms. The zero-order valence-corrected chi connectivity index (χ0v) is 16.5. The van der Waals surface area contributed by atoms with Gasteiger partial charge in [0.1, 0.15) is 0 Å².